The van der Waals surface area contributed by atoms with Crippen LogP contribution in [0.3, 0.4) is 0 Å². The van der Waals surface area contributed by atoms with E-state index in [4.69, 9.17) is 4.42 Å². The lowest BCUT2D eigenvalue weighted by molar-refractivity contribution is 0.669. The Morgan fingerprint density at radius 1 is 0.277 bits per heavy atom. The molecule has 47 heavy (non-hydrogen) atoms. The van der Waals surface area contributed by atoms with Crippen LogP contribution in [-0.4, -0.2) is 0 Å². The van der Waals surface area contributed by atoms with E-state index >= 15 is 0 Å². The van der Waals surface area contributed by atoms with E-state index in [-0.39, 0.29) is 0 Å². The van der Waals surface area contributed by atoms with Crippen LogP contribution in [0.1, 0.15) is 0 Å². The fraction of sp³-hybridized carbons (Fsp3) is 0. The Balaban J connectivity index is 1.29. The van der Waals surface area contributed by atoms with E-state index in [1.165, 1.54) is 76.5 Å². The maximum atomic E-state index is 6.17. The summed E-state index contributed by atoms with van der Waals surface area (Å²) in [7, 11) is 0. The van der Waals surface area contributed by atoms with Gasteiger partial charge in [-0.2, -0.15) is 0 Å². The van der Waals surface area contributed by atoms with Crippen LogP contribution in [0.5, 0.6) is 0 Å². The fourth-order valence-corrected chi connectivity index (χ4v) is 7.66. The first-order valence-electron chi connectivity index (χ1n) is 16.2. The molecule has 0 aliphatic carbocycles. The molecule has 0 radical (unpaired) electrons. The van der Waals surface area contributed by atoms with Crippen LogP contribution >= 0.6 is 0 Å². The molecular formula is C46H28O. The van der Waals surface area contributed by atoms with Gasteiger partial charge >= 0.3 is 0 Å². The summed E-state index contributed by atoms with van der Waals surface area (Å²) in [6, 6.07) is 61.8. The summed E-state index contributed by atoms with van der Waals surface area (Å²) in [5.74, 6) is 0. The third-order valence-electron chi connectivity index (χ3n) is 9.81. The predicted molar refractivity (Wildman–Crippen MR) is 200 cm³/mol. The van der Waals surface area contributed by atoms with Gasteiger partial charge in [-0.05, 0) is 113 Å². The van der Waals surface area contributed by atoms with Gasteiger partial charge in [0, 0.05) is 10.8 Å². The highest BCUT2D eigenvalue weighted by Gasteiger charge is 2.19. The number of benzene rings is 9. The molecule has 10 rings (SSSR count). The molecular weight excluding hydrogens is 569 g/mol. The molecule has 1 aromatic heterocycles. The van der Waals surface area contributed by atoms with E-state index in [0.717, 1.165) is 21.9 Å². The Morgan fingerprint density at radius 3 is 1.55 bits per heavy atom. The summed E-state index contributed by atoms with van der Waals surface area (Å²) < 4.78 is 6.17. The average Bonchev–Trinajstić information content (AvgIpc) is 3.51. The molecule has 0 N–H and O–H groups in total. The number of hydrogen-bond donors (Lipinski definition) is 0. The molecule has 10 aromatic rings. The zero-order chi connectivity index (χ0) is 30.9. The molecule has 0 spiro atoms. The van der Waals surface area contributed by atoms with Crippen LogP contribution in [-0.2, 0) is 0 Å². The smallest absolute Gasteiger partial charge is 0.135 e. The van der Waals surface area contributed by atoms with Gasteiger partial charge in [-0.3, -0.25) is 0 Å². The highest BCUT2D eigenvalue weighted by atomic mass is 16.3. The van der Waals surface area contributed by atoms with Crippen LogP contribution in [0, 0.1) is 0 Å². The highest BCUT2D eigenvalue weighted by molar-refractivity contribution is 6.24. The summed E-state index contributed by atoms with van der Waals surface area (Å²) in [5, 5.41) is 12.3. The number of para-hydroxylation sites is 1. The first-order chi connectivity index (χ1) is 23.3. The Labute approximate surface area is 271 Å². The summed E-state index contributed by atoms with van der Waals surface area (Å²) in [5.41, 5.74) is 9.24. The third-order valence-corrected chi connectivity index (χ3v) is 9.81. The SMILES string of the molecule is c1ccc2cc(-c3c4ccccc4c(-c4cc(-c5ccc6oc7ccccc7c6c5)cc5ccccc45)c4ccccc34)ccc2c1. The van der Waals surface area contributed by atoms with Crippen molar-refractivity contribution in [1.29, 1.82) is 0 Å². The van der Waals surface area contributed by atoms with Crippen LogP contribution in [0.4, 0.5) is 0 Å². The second-order valence-electron chi connectivity index (χ2n) is 12.5. The fourth-order valence-electron chi connectivity index (χ4n) is 7.66. The van der Waals surface area contributed by atoms with Crippen molar-refractivity contribution >= 4 is 65.0 Å². The Bertz CT molecular complexity index is 2800. The molecule has 0 fully saturated rings. The van der Waals surface area contributed by atoms with Gasteiger partial charge in [0.15, 0.2) is 0 Å². The van der Waals surface area contributed by atoms with Crippen LogP contribution < -0.4 is 0 Å². The minimum absolute atomic E-state index is 0.914. The largest absolute Gasteiger partial charge is 0.456 e. The molecule has 0 unspecified atom stereocenters. The van der Waals surface area contributed by atoms with Crippen molar-refractivity contribution in [3.8, 4) is 33.4 Å². The molecule has 0 bridgehead atoms. The Hall–Kier alpha value is -6.18. The van der Waals surface area contributed by atoms with E-state index < -0.39 is 0 Å². The van der Waals surface area contributed by atoms with Crippen molar-refractivity contribution in [3.63, 3.8) is 0 Å². The lowest BCUT2D eigenvalue weighted by Gasteiger charge is -2.20. The first-order valence-corrected chi connectivity index (χ1v) is 16.2. The van der Waals surface area contributed by atoms with Crippen LogP contribution in [0.25, 0.3) is 98.4 Å². The average molecular weight is 597 g/mol. The van der Waals surface area contributed by atoms with Crippen molar-refractivity contribution in [2.24, 2.45) is 0 Å². The molecule has 218 valence electrons. The summed E-state index contributed by atoms with van der Waals surface area (Å²) in [6.45, 7) is 0. The maximum Gasteiger partial charge on any atom is 0.135 e. The standard InChI is InChI=1S/C46H28O/c1-2-12-30-25-33(22-21-29(30)11-1)45-37-16-5-7-18-39(37)46(40-19-8-6-17-38(40)45)42-28-34(26-32-13-3-4-14-35(32)42)31-23-24-44-41(27-31)36-15-9-10-20-43(36)47-44/h1-28H. The lowest BCUT2D eigenvalue weighted by atomic mass is 9.83. The number of furan rings is 1. The molecule has 1 heteroatoms. The second-order valence-corrected chi connectivity index (χ2v) is 12.5. The van der Waals surface area contributed by atoms with Gasteiger partial charge in [-0.1, -0.05) is 133 Å². The second kappa shape index (κ2) is 10.2. The van der Waals surface area contributed by atoms with E-state index in [2.05, 4.69) is 158 Å². The summed E-state index contributed by atoms with van der Waals surface area (Å²) in [4.78, 5) is 0. The molecule has 1 nitrogen and oxygen atoms in total. The van der Waals surface area contributed by atoms with Crippen molar-refractivity contribution in [3.05, 3.63) is 170 Å². The highest BCUT2D eigenvalue weighted by Crippen LogP contribution is 2.47. The Morgan fingerprint density at radius 2 is 0.809 bits per heavy atom. The number of fused-ring (bicyclic) bond motifs is 7. The molecule has 0 aliphatic heterocycles. The zero-order valence-corrected chi connectivity index (χ0v) is 25.6. The van der Waals surface area contributed by atoms with Gasteiger partial charge < -0.3 is 4.42 Å². The monoisotopic (exact) mass is 596 g/mol. The van der Waals surface area contributed by atoms with Gasteiger partial charge in [0.2, 0.25) is 0 Å². The Kier molecular flexibility index (Phi) is 5.64. The molecule has 9 aromatic carbocycles. The first kappa shape index (κ1) is 26.1. The topological polar surface area (TPSA) is 13.1 Å². The lowest BCUT2D eigenvalue weighted by Crippen LogP contribution is -1.92. The maximum absolute atomic E-state index is 6.17. The molecule has 0 saturated carbocycles. The van der Waals surface area contributed by atoms with E-state index in [0.29, 0.717) is 0 Å². The third kappa shape index (κ3) is 4.03. The molecule has 0 aliphatic rings. The molecule has 0 amide bonds. The minimum Gasteiger partial charge on any atom is -0.456 e. The van der Waals surface area contributed by atoms with E-state index in [1.54, 1.807) is 0 Å². The zero-order valence-electron chi connectivity index (χ0n) is 25.6. The molecule has 0 saturated heterocycles. The van der Waals surface area contributed by atoms with Gasteiger partial charge in [-0.15, -0.1) is 0 Å². The van der Waals surface area contributed by atoms with E-state index in [9.17, 15) is 0 Å². The van der Waals surface area contributed by atoms with Crippen molar-refractivity contribution in [1.82, 2.24) is 0 Å². The summed E-state index contributed by atoms with van der Waals surface area (Å²) in [6.07, 6.45) is 0. The quantitative estimate of drug-likeness (QED) is 0.185. The van der Waals surface area contributed by atoms with E-state index in [1.807, 2.05) is 12.1 Å². The number of hydrogen-bond acceptors (Lipinski definition) is 1. The number of rotatable bonds is 3. The van der Waals surface area contributed by atoms with Crippen LogP contribution in [0.2, 0.25) is 0 Å². The van der Waals surface area contributed by atoms with Crippen molar-refractivity contribution in [2.45, 2.75) is 0 Å². The van der Waals surface area contributed by atoms with Crippen molar-refractivity contribution in [2.75, 3.05) is 0 Å². The predicted octanol–water partition coefficient (Wildman–Crippen LogP) is 13.2. The van der Waals surface area contributed by atoms with Crippen molar-refractivity contribution < 1.29 is 4.42 Å². The summed E-state index contributed by atoms with van der Waals surface area (Å²) >= 11 is 0. The van der Waals surface area contributed by atoms with Gasteiger partial charge in [0.05, 0.1) is 0 Å². The normalized spacial score (nSPS) is 11.8. The minimum atomic E-state index is 0.914. The van der Waals surface area contributed by atoms with Gasteiger partial charge in [0.1, 0.15) is 11.2 Å². The van der Waals surface area contributed by atoms with Gasteiger partial charge in [0.25, 0.3) is 0 Å². The molecule has 0 atom stereocenters. The molecule has 1 heterocycles. The van der Waals surface area contributed by atoms with Crippen LogP contribution in [0.15, 0.2) is 174 Å². The van der Waals surface area contributed by atoms with Gasteiger partial charge in [-0.25, -0.2) is 0 Å².